The van der Waals surface area contributed by atoms with Crippen LogP contribution in [0.2, 0.25) is 0 Å². The number of anilines is 2. The highest BCUT2D eigenvalue weighted by Gasteiger charge is 2.30. The van der Waals surface area contributed by atoms with Crippen LogP contribution in [-0.2, 0) is 11.0 Å². The molecule has 0 saturated heterocycles. The van der Waals surface area contributed by atoms with Gasteiger partial charge in [0.25, 0.3) is 5.91 Å². The van der Waals surface area contributed by atoms with Crippen molar-refractivity contribution in [2.75, 3.05) is 10.6 Å². The molecule has 0 bridgehead atoms. The van der Waals surface area contributed by atoms with Crippen LogP contribution in [0.4, 0.5) is 24.5 Å². The van der Waals surface area contributed by atoms with Gasteiger partial charge in [0.2, 0.25) is 5.91 Å². The first kappa shape index (κ1) is 19.4. The second kappa shape index (κ2) is 7.96. The van der Waals surface area contributed by atoms with Crippen molar-refractivity contribution in [3.63, 3.8) is 0 Å². The summed E-state index contributed by atoms with van der Waals surface area (Å²) in [7, 11) is 0. The molecule has 2 amide bonds. The fourth-order valence-corrected chi connectivity index (χ4v) is 2.20. The molecule has 5 nitrogen and oxygen atoms in total. The highest BCUT2D eigenvalue weighted by molar-refractivity contribution is 7.80. The SMILES string of the molecule is CC(=O)Nc1ccc(NC(=S)NC(=O)c2ccc(C(F)(F)F)cc2)cc1. The Balaban J connectivity index is 1.94. The van der Waals surface area contributed by atoms with Crippen LogP contribution in [0.5, 0.6) is 0 Å². The number of rotatable bonds is 3. The molecule has 0 aliphatic heterocycles. The van der Waals surface area contributed by atoms with Gasteiger partial charge in [-0.1, -0.05) is 0 Å². The van der Waals surface area contributed by atoms with Crippen molar-refractivity contribution in [2.45, 2.75) is 13.1 Å². The van der Waals surface area contributed by atoms with Crippen molar-refractivity contribution < 1.29 is 22.8 Å². The van der Waals surface area contributed by atoms with Crippen LogP contribution >= 0.6 is 12.2 Å². The van der Waals surface area contributed by atoms with E-state index in [2.05, 4.69) is 16.0 Å². The highest BCUT2D eigenvalue weighted by Crippen LogP contribution is 2.29. The Morgan fingerprint density at radius 2 is 1.38 bits per heavy atom. The second-order valence-electron chi connectivity index (χ2n) is 5.24. The standard InChI is InChI=1S/C17H14F3N3O2S/c1-10(24)21-13-6-8-14(9-7-13)22-16(26)23-15(25)11-2-4-12(5-3-11)17(18,19)20/h2-9H,1H3,(H,21,24)(H2,22,23,25,26). The van der Waals surface area contributed by atoms with E-state index in [1.807, 2.05) is 0 Å². The van der Waals surface area contributed by atoms with Gasteiger partial charge in [-0.25, -0.2) is 0 Å². The summed E-state index contributed by atoms with van der Waals surface area (Å²) in [4.78, 5) is 23.0. The van der Waals surface area contributed by atoms with Gasteiger partial charge in [0.05, 0.1) is 5.56 Å². The zero-order valence-electron chi connectivity index (χ0n) is 13.5. The molecule has 2 rings (SSSR count). The normalized spacial score (nSPS) is 10.8. The summed E-state index contributed by atoms with van der Waals surface area (Å²) >= 11 is 5.01. The number of hydrogen-bond acceptors (Lipinski definition) is 3. The van der Waals surface area contributed by atoms with E-state index in [1.54, 1.807) is 24.3 Å². The summed E-state index contributed by atoms with van der Waals surface area (Å²) in [6.45, 7) is 1.39. The maximum Gasteiger partial charge on any atom is 0.416 e. The van der Waals surface area contributed by atoms with Gasteiger partial charge in [-0.2, -0.15) is 13.2 Å². The molecule has 0 fully saturated rings. The van der Waals surface area contributed by atoms with Crippen LogP contribution in [0.15, 0.2) is 48.5 Å². The zero-order valence-corrected chi connectivity index (χ0v) is 14.3. The molecule has 26 heavy (non-hydrogen) atoms. The number of halogens is 3. The van der Waals surface area contributed by atoms with Crippen LogP contribution in [-0.4, -0.2) is 16.9 Å². The van der Waals surface area contributed by atoms with Crippen molar-refractivity contribution >= 4 is 40.5 Å². The molecule has 9 heteroatoms. The molecular formula is C17H14F3N3O2S. The van der Waals surface area contributed by atoms with E-state index in [4.69, 9.17) is 12.2 Å². The van der Waals surface area contributed by atoms with Crippen LogP contribution in [0, 0.1) is 0 Å². The maximum absolute atomic E-state index is 12.5. The van der Waals surface area contributed by atoms with E-state index in [1.165, 1.54) is 6.92 Å². The van der Waals surface area contributed by atoms with Crippen LogP contribution < -0.4 is 16.0 Å². The number of alkyl halides is 3. The Bertz CT molecular complexity index is 819. The third kappa shape index (κ3) is 5.55. The Labute approximate surface area is 152 Å². The Morgan fingerprint density at radius 1 is 0.885 bits per heavy atom. The first-order valence-corrected chi connectivity index (χ1v) is 7.73. The predicted molar refractivity (Wildman–Crippen MR) is 95.9 cm³/mol. The molecule has 0 aliphatic carbocycles. The van der Waals surface area contributed by atoms with E-state index in [0.717, 1.165) is 24.3 Å². The Kier molecular flexibility index (Phi) is 5.93. The van der Waals surface area contributed by atoms with E-state index >= 15 is 0 Å². The number of thiocarbonyl (C=S) groups is 1. The molecule has 0 aliphatic rings. The van der Waals surface area contributed by atoms with Crippen molar-refractivity contribution in [1.29, 1.82) is 0 Å². The summed E-state index contributed by atoms with van der Waals surface area (Å²) < 4.78 is 37.6. The summed E-state index contributed by atoms with van der Waals surface area (Å²) in [5.41, 5.74) is 0.372. The lowest BCUT2D eigenvalue weighted by molar-refractivity contribution is -0.137. The third-order valence-corrected chi connectivity index (χ3v) is 3.37. The van der Waals surface area contributed by atoms with E-state index in [-0.39, 0.29) is 16.6 Å². The van der Waals surface area contributed by atoms with Gasteiger partial charge in [0.15, 0.2) is 5.11 Å². The topological polar surface area (TPSA) is 70.2 Å². The van der Waals surface area contributed by atoms with Gasteiger partial charge in [-0.05, 0) is 60.7 Å². The van der Waals surface area contributed by atoms with E-state index < -0.39 is 17.6 Å². The lowest BCUT2D eigenvalue weighted by Gasteiger charge is -2.11. The number of benzene rings is 2. The first-order valence-electron chi connectivity index (χ1n) is 7.32. The fourth-order valence-electron chi connectivity index (χ4n) is 1.99. The molecule has 0 unspecified atom stereocenters. The van der Waals surface area contributed by atoms with Crippen molar-refractivity contribution in [3.05, 3.63) is 59.7 Å². The number of hydrogen-bond donors (Lipinski definition) is 3. The smallest absolute Gasteiger partial charge is 0.332 e. The molecule has 3 N–H and O–H groups in total. The van der Waals surface area contributed by atoms with Gasteiger partial charge >= 0.3 is 6.18 Å². The monoisotopic (exact) mass is 381 g/mol. The van der Waals surface area contributed by atoms with Crippen molar-refractivity contribution in [3.8, 4) is 0 Å². The summed E-state index contributed by atoms with van der Waals surface area (Å²) in [6, 6.07) is 10.4. The molecule has 0 radical (unpaired) electrons. The number of amides is 2. The number of carbonyl (C=O) groups excluding carboxylic acids is 2. The quantitative estimate of drug-likeness (QED) is 0.708. The molecular weight excluding hydrogens is 367 g/mol. The Morgan fingerprint density at radius 3 is 1.85 bits per heavy atom. The average Bonchev–Trinajstić information content (AvgIpc) is 2.55. The molecule has 0 aromatic heterocycles. The number of carbonyl (C=O) groups is 2. The summed E-state index contributed by atoms with van der Waals surface area (Å²) in [6.07, 6.45) is -4.46. The largest absolute Gasteiger partial charge is 0.416 e. The minimum Gasteiger partial charge on any atom is -0.332 e. The van der Waals surface area contributed by atoms with Gasteiger partial charge in [-0.15, -0.1) is 0 Å². The van der Waals surface area contributed by atoms with Crippen molar-refractivity contribution in [1.82, 2.24) is 5.32 Å². The van der Waals surface area contributed by atoms with Gasteiger partial charge in [0, 0.05) is 23.9 Å². The van der Waals surface area contributed by atoms with E-state index in [0.29, 0.717) is 11.4 Å². The minimum atomic E-state index is -4.46. The molecule has 2 aromatic carbocycles. The maximum atomic E-state index is 12.5. The lowest BCUT2D eigenvalue weighted by atomic mass is 10.1. The minimum absolute atomic E-state index is 0.0119. The van der Waals surface area contributed by atoms with Gasteiger partial charge in [-0.3, -0.25) is 14.9 Å². The highest BCUT2D eigenvalue weighted by atomic mass is 32.1. The fraction of sp³-hybridized carbons (Fsp3) is 0.118. The molecule has 136 valence electrons. The van der Waals surface area contributed by atoms with Crippen LogP contribution in [0.25, 0.3) is 0 Å². The average molecular weight is 381 g/mol. The predicted octanol–water partition coefficient (Wildman–Crippen LogP) is 3.79. The van der Waals surface area contributed by atoms with Gasteiger partial charge < -0.3 is 10.6 Å². The second-order valence-corrected chi connectivity index (χ2v) is 5.65. The van der Waals surface area contributed by atoms with Crippen LogP contribution in [0.1, 0.15) is 22.8 Å². The molecule has 0 heterocycles. The van der Waals surface area contributed by atoms with Gasteiger partial charge in [0.1, 0.15) is 0 Å². The lowest BCUT2D eigenvalue weighted by Crippen LogP contribution is -2.34. The zero-order chi connectivity index (χ0) is 19.3. The summed E-state index contributed by atoms with van der Waals surface area (Å²) in [5.74, 6) is -0.837. The molecule has 0 saturated carbocycles. The number of nitrogens with one attached hydrogen (secondary N) is 3. The third-order valence-electron chi connectivity index (χ3n) is 3.16. The first-order chi connectivity index (χ1) is 12.1. The summed E-state index contributed by atoms with van der Waals surface area (Å²) in [5, 5.41) is 7.74. The van der Waals surface area contributed by atoms with Crippen LogP contribution in [0.3, 0.4) is 0 Å². The molecule has 0 spiro atoms. The molecule has 2 aromatic rings. The van der Waals surface area contributed by atoms with Crippen molar-refractivity contribution in [2.24, 2.45) is 0 Å². The van der Waals surface area contributed by atoms with E-state index in [9.17, 15) is 22.8 Å². The Hall–Kier alpha value is -2.94. The molecule has 0 atom stereocenters.